The van der Waals surface area contributed by atoms with Gasteiger partial charge in [0.15, 0.2) is 0 Å². The highest BCUT2D eigenvalue weighted by Crippen LogP contribution is 2.36. The number of rotatable bonds is 2. The maximum atomic E-state index is 9.22. The van der Waals surface area contributed by atoms with Crippen LogP contribution in [0.1, 0.15) is 13.8 Å². The molecule has 0 spiro atoms. The number of halogens is 1. The van der Waals surface area contributed by atoms with Crippen molar-refractivity contribution in [1.29, 1.82) is 0 Å². The minimum absolute atomic E-state index is 0. The summed E-state index contributed by atoms with van der Waals surface area (Å²) in [5, 5.41) is 0. The summed E-state index contributed by atoms with van der Waals surface area (Å²) < 4.78 is 9.22. The quantitative estimate of drug-likeness (QED) is 0.747. The molecule has 0 aliphatic heterocycles. The number of hydrogen-bond acceptors (Lipinski definition) is 1. The van der Waals surface area contributed by atoms with Gasteiger partial charge in [-0.25, -0.2) is 0 Å². The third kappa shape index (κ3) is 5.18. The molecule has 3 heteroatoms. The van der Waals surface area contributed by atoms with Crippen molar-refractivity contribution in [2.75, 3.05) is 17.8 Å². The SMILES string of the molecule is CCS(C)(O)CC.I. The van der Waals surface area contributed by atoms with Gasteiger partial charge in [-0.3, -0.25) is 0 Å². The van der Waals surface area contributed by atoms with Crippen LogP contribution in [-0.4, -0.2) is 22.3 Å². The maximum absolute atomic E-state index is 9.22. The van der Waals surface area contributed by atoms with Gasteiger partial charge < -0.3 is 4.55 Å². The van der Waals surface area contributed by atoms with Crippen molar-refractivity contribution in [3.8, 4) is 0 Å². The Balaban J connectivity index is 0. The van der Waals surface area contributed by atoms with Gasteiger partial charge in [-0.15, -0.1) is 34.3 Å². The fraction of sp³-hybridized carbons (Fsp3) is 1.00. The molecule has 0 atom stereocenters. The lowest BCUT2D eigenvalue weighted by Crippen LogP contribution is -2.00. The van der Waals surface area contributed by atoms with Gasteiger partial charge >= 0.3 is 0 Å². The van der Waals surface area contributed by atoms with E-state index in [2.05, 4.69) is 0 Å². The van der Waals surface area contributed by atoms with Gasteiger partial charge in [0.05, 0.1) is 0 Å². The zero-order valence-electron chi connectivity index (χ0n) is 5.68. The molecule has 0 rings (SSSR count). The van der Waals surface area contributed by atoms with Crippen LogP contribution in [0.15, 0.2) is 0 Å². The van der Waals surface area contributed by atoms with E-state index in [-0.39, 0.29) is 24.0 Å². The summed E-state index contributed by atoms with van der Waals surface area (Å²) in [5.74, 6) is 1.87. The molecule has 8 heavy (non-hydrogen) atoms. The third-order valence-electron chi connectivity index (χ3n) is 1.24. The van der Waals surface area contributed by atoms with E-state index in [1.54, 1.807) is 0 Å². The maximum Gasteiger partial charge on any atom is -0.00435 e. The molecule has 0 heterocycles. The Morgan fingerprint density at radius 3 is 1.50 bits per heavy atom. The molecular weight excluding hydrogens is 235 g/mol. The Kier molecular flexibility index (Phi) is 7.19. The van der Waals surface area contributed by atoms with Crippen molar-refractivity contribution in [2.24, 2.45) is 0 Å². The highest BCUT2D eigenvalue weighted by atomic mass is 127. The molecular formula is C5H15IOS. The molecule has 0 aliphatic rings. The minimum atomic E-state index is -1.16. The van der Waals surface area contributed by atoms with Gasteiger partial charge in [0.1, 0.15) is 0 Å². The fourth-order valence-corrected chi connectivity index (χ4v) is 0.612. The summed E-state index contributed by atoms with van der Waals surface area (Å²) in [6, 6.07) is 0. The van der Waals surface area contributed by atoms with Gasteiger partial charge in [0, 0.05) is 0 Å². The molecule has 1 nitrogen and oxygen atoms in total. The zero-order valence-corrected chi connectivity index (χ0v) is 8.82. The van der Waals surface area contributed by atoms with E-state index >= 15 is 0 Å². The van der Waals surface area contributed by atoms with E-state index in [1.165, 1.54) is 0 Å². The van der Waals surface area contributed by atoms with Crippen LogP contribution in [0.25, 0.3) is 0 Å². The highest BCUT2D eigenvalue weighted by molar-refractivity contribution is 14.0. The topological polar surface area (TPSA) is 20.2 Å². The van der Waals surface area contributed by atoms with Crippen LogP contribution in [0, 0.1) is 0 Å². The molecule has 0 saturated carbocycles. The molecule has 0 unspecified atom stereocenters. The summed E-state index contributed by atoms with van der Waals surface area (Å²) in [6.07, 6.45) is 1.94. The lowest BCUT2D eigenvalue weighted by molar-refractivity contribution is 0.633. The molecule has 0 radical (unpaired) electrons. The van der Waals surface area contributed by atoms with Gasteiger partial charge in [-0.2, -0.15) is 0 Å². The van der Waals surface area contributed by atoms with Crippen LogP contribution in [0.3, 0.4) is 0 Å². The summed E-state index contributed by atoms with van der Waals surface area (Å²) in [7, 11) is -1.16. The lowest BCUT2D eigenvalue weighted by Gasteiger charge is -2.24. The lowest BCUT2D eigenvalue weighted by atomic mass is 11.0. The molecule has 0 aromatic rings. The second-order valence-electron chi connectivity index (χ2n) is 1.80. The van der Waals surface area contributed by atoms with Gasteiger partial charge in [0.25, 0.3) is 0 Å². The third-order valence-corrected chi connectivity index (χ3v) is 3.73. The predicted molar refractivity (Wildman–Crippen MR) is 52.6 cm³/mol. The van der Waals surface area contributed by atoms with E-state index in [9.17, 15) is 4.55 Å². The van der Waals surface area contributed by atoms with E-state index in [0.717, 1.165) is 11.5 Å². The van der Waals surface area contributed by atoms with Gasteiger partial charge in [-0.05, 0) is 17.8 Å². The van der Waals surface area contributed by atoms with Crippen molar-refractivity contribution >= 4 is 34.3 Å². The first-order valence-corrected chi connectivity index (χ1v) is 4.92. The first kappa shape index (κ1) is 11.8. The van der Waals surface area contributed by atoms with Crippen molar-refractivity contribution in [3.05, 3.63) is 0 Å². The summed E-state index contributed by atoms with van der Waals surface area (Å²) in [4.78, 5) is 0. The molecule has 0 fully saturated rings. The van der Waals surface area contributed by atoms with E-state index < -0.39 is 10.3 Å². The molecule has 0 amide bonds. The van der Waals surface area contributed by atoms with E-state index in [0.29, 0.717) is 0 Å². The normalized spacial score (nSPS) is 12.5. The standard InChI is InChI=1S/C5H14OS.HI/c1-4-7(3,6)5-2;/h6H,4-5H2,1-3H3;1H. The highest BCUT2D eigenvalue weighted by Gasteiger charge is 2.04. The molecule has 0 aromatic carbocycles. The van der Waals surface area contributed by atoms with Crippen molar-refractivity contribution in [1.82, 2.24) is 0 Å². The zero-order chi connectivity index (χ0) is 5.91. The Bertz CT molecular complexity index is 50.4. The first-order chi connectivity index (χ1) is 3.12. The van der Waals surface area contributed by atoms with Gasteiger partial charge in [-0.1, -0.05) is 13.8 Å². The summed E-state index contributed by atoms with van der Waals surface area (Å²) in [6.45, 7) is 4.05. The van der Waals surface area contributed by atoms with Crippen LogP contribution >= 0.6 is 34.3 Å². The van der Waals surface area contributed by atoms with Crippen molar-refractivity contribution in [2.45, 2.75) is 13.8 Å². The van der Waals surface area contributed by atoms with Crippen LogP contribution in [0.4, 0.5) is 0 Å². The van der Waals surface area contributed by atoms with Crippen LogP contribution in [0.5, 0.6) is 0 Å². The molecule has 0 aromatic heterocycles. The van der Waals surface area contributed by atoms with E-state index in [4.69, 9.17) is 0 Å². The molecule has 54 valence electrons. The Morgan fingerprint density at radius 2 is 1.50 bits per heavy atom. The molecule has 1 N–H and O–H groups in total. The largest absolute Gasteiger partial charge is 0.352 e. The Hall–Kier alpha value is 1.04. The average molecular weight is 250 g/mol. The Morgan fingerprint density at radius 1 is 1.25 bits per heavy atom. The van der Waals surface area contributed by atoms with Crippen LogP contribution in [0.2, 0.25) is 0 Å². The Labute approximate surface area is 70.4 Å². The predicted octanol–water partition coefficient (Wildman–Crippen LogP) is 2.55. The van der Waals surface area contributed by atoms with Crippen molar-refractivity contribution in [3.63, 3.8) is 0 Å². The van der Waals surface area contributed by atoms with Crippen molar-refractivity contribution < 1.29 is 4.55 Å². The fourth-order valence-electron chi connectivity index (χ4n) is 0.204. The first-order valence-electron chi connectivity index (χ1n) is 2.58. The average Bonchev–Trinajstić information content (AvgIpc) is 1.68. The minimum Gasteiger partial charge on any atom is -0.352 e. The second-order valence-corrected chi connectivity index (χ2v) is 5.40. The van der Waals surface area contributed by atoms with E-state index in [1.807, 2.05) is 20.1 Å². The molecule has 0 bridgehead atoms. The summed E-state index contributed by atoms with van der Waals surface area (Å²) in [5.41, 5.74) is 0. The molecule has 0 aliphatic carbocycles. The summed E-state index contributed by atoms with van der Waals surface area (Å²) >= 11 is 0. The number of hydrogen-bond donors (Lipinski definition) is 1. The van der Waals surface area contributed by atoms with Crippen LogP contribution < -0.4 is 0 Å². The molecule has 0 saturated heterocycles. The van der Waals surface area contributed by atoms with Gasteiger partial charge in [0.2, 0.25) is 0 Å². The van der Waals surface area contributed by atoms with Crippen LogP contribution in [-0.2, 0) is 0 Å². The smallest absolute Gasteiger partial charge is 0.00435 e. The monoisotopic (exact) mass is 250 g/mol. The second kappa shape index (κ2) is 4.88.